The summed E-state index contributed by atoms with van der Waals surface area (Å²) < 4.78 is 0. The number of pyridine rings is 1. The molecule has 2 aromatic carbocycles. The molecule has 32 heavy (non-hydrogen) atoms. The maximum Gasteiger partial charge on any atom is 0.275 e. The van der Waals surface area contributed by atoms with Crippen molar-refractivity contribution in [1.82, 2.24) is 20.7 Å². The Balaban J connectivity index is 1.31. The quantitative estimate of drug-likeness (QED) is 0.360. The van der Waals surface area contributed by atoms with E-state index in [-0.39, 0.29) is 5.91 Å². The fraction of sp³-hybridized carbons (Fsp3) is 0.160. The summed E-state index contributed by atoms with van der Waals surface area (Å²) in [5, 5.41) is 8.55. The Morgan fingerprint density at radius 3 is 2.84 bits per heavy atom. The van der Waals surface area contributed by atoms with Crippen LogP contribution in [0.2, 0.25) is 0 Å². The van der Waals surface area contributed by atoms with E-state index in [2.05, 4.69) is 20.7 Å². The number of nitrogens with one attached hydrogen (secondary N) is 2. The number of carbonyl (C=O) groups is 1. The summed E-state index contributed by atoms with van der Waals surface area (Å²) in [4.78, 5) is 24.1. The second-order valence-electron chi connectivity index (χ2n) is 7.69. The Morgan fingerprint density at radius 2 is 2.00 bits per heavy atom. The molecular formula is C25H22N4O2S. The van der Waals surface area contributed by atoms with E-state index in [1.54, 1.807) is 6.20 Å². The Hall–Kier alpha value is -3.42. The molecule has 0 atom stereocenters. The number of hydrogen-bond donors (Lipinski definition) is 2. The summed E-state index contributed by atoms with van der Waals surface area (Å²) in [7, 11) is 0. The van der Waals surface area contributed by atoms with Gasteiger partial charge in [-0.25, -0.2) is 5.48 Å². The van der Waals surface area contributed by atoms with E-state index in [0.29, 0.717) is 18.1 Å². The van der Waals surface area contributed by atoms with Crippen molar-refractivity contribution in [3.63, 3.8) is 0 Å². The van der Waals surface area contributed by atoms with Crippen molar-refractivity contribution in [1.29, 1.82) is 0 Å². The minimum absolute atomic E-state index is 0.224. The minimum atomic E-state index is -0.224. The number of aromatic nitrogens is 3. The largest absolute Gasteiger partial charge is 0.277 e. The highest BCUT2D eigenvalue weighted by atomic mass is 32.2. The standard InChI is InChI=1S/C25H22N4O2S/c30-25(29-31-16-17-8-9-17)21-6-1-2-7-24(21)32-19-11-12-20-22(27-28-23(20)15-19)13-10-18-5-3-4-14-26-18/h1-7,10-15,17H,8-9,16H2,(H,27,28)(H,29,30). The first-order valence-corrected chi connectivity index (χ1v) is 11.3. The van der Waals surface area contributed by atoms with Crippen molar-refractivity contribution in [2.24, 2.45) is 5.92 Å². The van der Waals surface area contributed by atoms with Gasteiger partial charge in [-0.15, -0.1) is 0 Å². The highest BCUT2D eigenvalue weighted by molar-refractivity contribution is 7.99. The van der Waals surface area contributed by atoms with E-state index >= 15 is 0 Å². The molecule has 1 aliphatic carbocycles. The zero-order valence-electron chi connectivity index (χ0n) is 17.3. The molecule has 160 valence electrons. The number of H-pyrrole nitrogens is 1. The first-order chi connectivity index (χ1) is 15.8. The van der Waals surface area contributed by atoms with E-state index in [1.807, 2.05) is 72.8 Å². The molecule has 5 rings (SSSR count). The molecule has 7 heteroatoms. The predicted molar refractivity (Wildman–Crippen MR) is 126 cm³/mol. The van der Waals surface area contributed by atoms with Crippen LogP contribution in [-0.4, -0.2) is 27.7 Å². The zero-order chi connectivity index (χ0) is 21.8. The molecule has 1 aliphatic rings. The van der Waals surface area contributed by atoms with Gasteiger partial charge < -0.3 is 0 Å². The van der Waals surface area contributed by atoms with Crippen molar-refractivity contribution in [3.8, 4) is 0 Å². The van der Waals surface area contributed by atoms with Gasteiger partial charge in [-0.2, -0.15) is 5.10 Å². The summed E-state index contributed by atoms with van der Waals surface area (Å²) in [5.41, 5.74) is 5.84. The molecule has 4 aromatic rings. The average molecular weight is 443 g/mol. The molecule has 0 saturated heterocycles. The van der Waals surface area contributed by atoms with Gasteiger partial charge in [0.1, 0.15) is 0 Å². The number of amides is 1. The third kappa shape index (κ3) is 4.90. The summed E-state index contributed by atoms with van der Waals surface area (Å²) in [6, 6.07) is 19.5. The van der Waals surface area contributed by atoms with Gasteiger partial charge in [0.05, 0.1) is 29.1 Å². The number of benzene rings is 2. The van der Waals surface area contributed by atoms with E-state index in [4.69, 9.17) is 4.84 Å². The van der Waals surface area contributed by atoms with Crippen LogP contribution in [0.1, 0.15) is 34.6 Å². The smallest absolute Gasteiger partial charge is 0.275 e. The van der Waals surface area contributed by atoms with Gasteiger partial charge in [-0.1, -0.05) is 30.0 Å². The topological polar surface area (TPSA) is 79.9 Å². The normalized spacial score (nSPS) is 13.6. The van der Waals surface area contributed by atoms with Crippen LogP contribution in [-0.2, 0) is 4.84 Å². The Kier molecular flexibility index (Phi) is 6.00. The monoisotopic (exact) mass is 442 g/mol. The molecule has 1 amide bonds. The first-order valence-electron chi connectivity index (χ1n) is 10.5. The fourth-order valence-electron chi connectivity index (χ4n) is 3.28. The van der Waals surface area contributed by atoms with Gasteiger partial charge in [0.15, 0.2) is 0 Å². The van der Waals surface area contributed by atoms with Crippen molar-refractivity contribution < 1.29 is 9.63 Å². The summed E-state index contributed by atoms with van der Waals surface area (Å²) in [6.07, 6.45) is 8.02. The van der Waals surface area contributed by atoms with Crippen LogP contribution in [0, 0.1) is 5.92 Å². The van der Waals surface area contributed by atoms with Gasteiger partial charge in [0.25, 0.3) is 5.91 Å². The molecule has 0 spiro atoms. The number of nitrogens with zero attached hydrogens (tertiary/aromatic N) is 2. The van der Waals surface area contributed by atoms with Gasteiger partial charge in [0, 0.05) is 21.4 Å². The van der Waals surface area contributed by atoms with Crippen LogP contribution in [0.3, 0.4) is 0 Å². The molecule has 1 saturated carbocycles. The third-order valence-electron chi connectivity index (χ3n) is 5.20. The predicted octanol–water partition coefficient (Wildman–Crippen LogP) is 5.35. The maximum atomic E-state index is 12.6. The summed E-state index contributed by atoms with van der Waals surface area (Å²) in [6.45, 7) is 0.578. The fourth-order valence-corrected chi connectivity index (χ4v) is 4.27. The zero-order valence-corrected chi connectivity index (χ0v) is 18.1. The van der Waals surface area contributed by atoms with Gasteiger partial charge >= 0.3 is 0 Å². The van der Waals surface area contributed by atoms with Gasteiger partial charge in [-0.3, -0.25) is 19.7 Å². The number of fused-ring (bicyclic) bond motifs is 1. The molecule has 0 radical (unpaired) electrons. The molecule has 0 unspecified atom stereocenters. The van der Waals surface area contributed by atoms with Gasteiger partial charge in [-0.05, 0) is 73.4 Å². The molecular weight excluding hydrogens is 420 g/mol. The van der Waals surface area contributed by atoms with Crippen molar-refractivity contribution in [3.05, 3.63) is 83.8 Å². The van der Waals surface area contributed by atoms with Crippen LogP contribution in [0.25, 0.3) is 23.1 Å². The van der Waals surface area contributed by atoms with Crippen LogP contribution in [0.5, 0.6) is 0 Å². The summed E-state index contributed by atoms with van der Waals surface area (Å²) in [5.74, 6) is 0.364. The molecule has 1 fully saturated rings. The number of aromatic amines is 1. The lowest BCUT2D eigenvalue weighted by atomic mass is 10.2. The van der Waals surface area contributed by atoms with Crippen LogP contribution in [0.4, 0.5) is 0 Å². The second-order valence-corrected chi connectivity index (χ2v) is 8.80. The molecule has 2 heterocycles. The number of rotatable bonds is 8. The molecule has 6 nitrogen and oxygen atoms in total. The molecule has 2 N–H and O–H groups in total. The number of hydrogen-bond acceptors (Lipinski definition) is 5. The highest BCUT2D eigenvalue weighted by Crippen LogP contribution is 2.33. The SMILES string of the molecule is O=C(NOCC1CC1)c1ccccc1Sc1ccc2c(C=Cc3ccccn3)n[nH]c2c1. The van der Waals surface area contributed by atoms with Gasteiger partial charge in [0.2, 0.25) is 0 Å². The van der Waals surface area contributed by atoms with Crippen molar-refractivity contribution in [2.45, 2.75) is 22.6 Å². The maximum absolute atomic E-state index is 12.6. The lowest BCUT2D eigenvalue weighted by Crippen LogP contribution is -2.25. The number of hydroxylamine groups is 1. The van der Waals surface area contributed by atoms with Crippen molar-refractivity contribution in [2.75, 3.05) is 6.61 Å². The average Bonchev–Trinajstić information content (AvgIpc) is 3.57. The van der Waals surface area contributed by atoms with Crippen LogP contribution in [0.15, 0.2) is 76.7 Å². The van der Waals surface area contributed by atoms with E-state index in [9.17, 15) is 4.79 Å². The van der Waals surface area contributed by atoms with E-state index in [0.717, 1.165) is 32.1 Å². The molecule has 2 aromatic heterocycles. The van der Waals surface area contributed by atoms with Crippen LogP contribution < -0.4 is 5.48 Å². The molecule has 0 aliphatic heterocycles. The Bertz CT molecular complexity index is 1270. The van der Waals surface area contributed by atoms with Crippen molar-refractivity contribution >= 4 is 40.7 Å². The molecule has 0 bridgehead atoms. The third-order valence-corrected chi connectivity index (χ3v) is 6.27. The minimum Gasteiger partial charge on any atom is -0.277 e. The van der Waals surface area contributed by atoms with Crippen LogP contribution >= 0.6 is 11.8 Å². The lowest BCUT2D eigenvalue weighted by Gasteiger charge is -2.10. The van der Waals surface area contributed by atoms with E-state index < -0.39 is 0 Å². The lowest BCUT2D eigenvalue weighted by molar-refractivity contribution is 0.0268. The van der Waals surface area contributed by atoms with E-state index in [1.165, 1.54) is 24.6 Å². The Morgan fingerprint density at radius 1 is 1.12 bits per heavy atom. The highest BCUT2D eigenvalue weighted by Gasteiger charge is 2.22. The number of carbonyl (C=O) groups excluding carboxylic acids is 1. The second kappa shape index (κ2) is 9.38. The Labute approximate surface area is 190 Å². The first kappa shape index (κ1) is 20.5. The summed E-state index contributed by atoms with van der Waals surface area (Å²) >= 11 is 1.54.